The number of carbonyl (C=O) groups excluding carboxylic acids is 1. The maximum atomic E-state index is 10.9. The van der Waals surface area contributed by atoms with E-state index in [1.54, 1.807) is 13.2 Å². The quantitative estimate of drug-likeness (QED) is 0.669. The van der Waals surface area contributed by atoms with Crippen LogP contribution in [0.15, 0.2) is 30.3 Å². The molecule has 1 aliphatic rings. The molecular formula is C11H10O3. The molecule has 0 aromatic heterocycles. The van der Waals surface area contributed by atoms with Crippen LogP contribution >= 0.6 is 0 Å². The second-order valence-electron chi connectivity index (χ2n) is 2.98. The van der Waals surface area contributed by atoms with E-state index in [0.29, 0.717) is 12.2 Å². The minimum absolute atomic E-state index is 0.198. The number of benzene rings is 1. The molecule has 0 saturated heterocycles. The Hall–Kier alpha value is -1.77. The van der Waals surface area contributed by atoms with Gasteiger partial charge in [0, 0.05) is 5.56 Å². The molecule has 0 atom stereocenters. The van der Waals surface area contributed by atoms with Crippen molar-refractivity contribution in [2.75, 3.05) is 7.11 Å². The fourth-order valence-corrected chi connectivity index (χ4v) is 1.31. The van der Waals surface area contributed by atoms with Crippen LogP contribution in [0.2, 0.25) is 0 Å². The summed E-state index contributed by atoms with van der Waals surface area (Å²) in [6.45, 7) is 0. The Morgan fingerprint density at radius 3 is 2.50 bits per heavy atom. The lowest BCUT2D eigenvalue weighted by molar-refractivity contribution is -0.134. The molecule has 3 heteroatoms. The van der Waals surface area contributed by atoms with Gasteiger partial charge in [0.25, 0.3) is 0 Å². The summed E-state index contributed by atoms with van der Waals surface area (Å²) in [4.78, 5) is 10.9. The van der Waals surface area contributed by atoms with Crippen LogP contribution in [0.5, 0.6) is 5.75 Å². The minimum Gasteiger partial charge on any atom is -0.497 e. The van der Waals surface area contributed by atoms with E-state index in [9.17, 15) is 4.79 Å². The number of esters is 1. The maximum Gasteiger partial charge on any atom is 0.315 e. The molecule has 1 aromatic carbocycles. The SMILES string of the molecule is COc1ccc(C2=CCC(=O)O2)cc1. The molecule has 14 heavy (non-hydrogen) atoms. The number of cyclic esters (lactones) is 1. The van der Waals surface area contributed by atoms with Gasteiger partial charge in [-0.15, -0.1) is 0 Å². The number of carbonyl (C=O) groups is 1. The van der Waals surface area contributed by atoms with Crippen LogP contribution in [0.25, 0.3) is 5.76 Å². The summed E-state index contributed by atoms with van der Waals surface area (Å²) in [6, 6.07) is 7.40. The Morgan fingerprint density at radius 2 is 2.00 bits per heavy atom. The van der Waals surface area contributed by atoms with Crippen LogP contribution in [0.1, 0.15) is 12.0 Å². The molecule has 72 valence electrons. The molecular weight excluding hydrogens is 180 g/mol. The zero-order chi connectivity index (χ0) is 9.97. The lowest BCUT2D eigenvalue weighted by Crippen LogP contribution is -1.93. The summed E-state index contributed by atoms with van der Waals surface area (Å²) < 4.78 is 10.0. The lowest BCUT2D eigenvalue weighted by Gasteiger charge is -2.03. The predicted octanol–water partition coefficient (Wildman–Crippen LogP) is 1.98. The van der Waals surface area contributed by atoms with Gasteiger partial charge in [-0.3, -0.25) is 4.79 Å². The molecule has 0 N–H and O–H groups in total. The molecule has 0 aliphatic carbocycles. The van der Waals surface area contributed by atoms with Crippen molar-refractivity contribution in [2.45, 2.75) is 6.42 Å². The minimum atomic E-state index is -0.198. The monoisotopic (exact) mass is 190 g/mol. The van der Waals surface area contributed by atoms with Crippen molar-refractivity contribution in [1.82, 2.24) is 0 Å². The predicted molar refractivity (Wildman–Crippen MR) is 51.7 cm³/mol. The van der Waals surface area contributed by atoms with E-state index >= 15 is 0 Å². The van der Waals surface area contributed by atoms with Gasteiger partial charge in [0.15, 0.2) is 0 Å². The second kappa shape index (κ2) is 3.54. The highest BCUT2D eigenvalue weighted by molar-refractivity contribution is 5.85. The van der Waals surface area contributed by atoms with E-state index in [1.165, 1.54) is 0 Å². The van der Waals surface area contributed by atoms with Crippen molar-refractivity contribution in [3.63, 3.8) is 0 Å². The summed E-state index contributed by atoms with van der Waals surface area (Å²) in [5.41, 5.74) is 0.900. The van der Waals surface area contributed by atoms with Gasteiger partial charge in [0.05, 0.1) is 13.5 Å². The Bertz CT molecular complexity index is 376. The first-order valence-corrected chi connectivity index (χ1v) is 4.35. The van der Waals surface area contributed by atoms with E-state index in [-0.39, 0.29) is 5.97 Å². The van der Waals surface area contributed by atoms with E-state index in [1.807, 2.05) is 24.3 Å². The van der Waals surface area contributed by atoms with Gasteiger partial charge in [-0.1, -0.05) is 0 Å². The third-order valence-electron chi connectivity index (χ3n) is 2.05. The van der Waals surface area contributed by atoms with Gasteiger partial charge >= 0.3 is 5.97 Å². The van der Waals surface area contributed by atoms with Crippen molar-refractivity contribution in [2.24, 2.45) is 0 Å². The highest BCUT2D eigenvalue weighted by Gasteiger charge is 2.15. The van der Waals surface area contributed by atoms with Crippen molar-refractivity contribution in [3.05, 3.63) is 35.9 Å². The standard InChI is InChI=1S/C11H10O3/c1-13-9-4-2-8(3-5-9)10-6-7-11(12)14-10/h2-6H,7H2,1H3. The van der Waals surface area contributed by atoms with E-state index < -0.39 is 0 Å². The van der Waals surface area contributed by atoms with Gasteiger partial charge in [-0.05, 0) is 30.3 Å². The van der Waals surface area contributed by atoms with Crippen molar-refractivity contribution in [1.29, 1.82) is 0 Å². The number of ether oxygens (including phenoxy) is 2. The fourth-order valence-electron chi connectivity index (χ4n) is 1.31. The zero-order valence-corrected chi connectivity index (χ0v) is 7.82. The van der Waals surface area contributed by atoms with Gasteiger partial charge in [0.1, 0.15) is 11.5 Å². The zero-order valence-electron chi connectivity index (χ0n) is 7.82. The third kappa shape index (κ3) is 1.62. The molecule has 1 aromatic rings. The molecule has 0 saturated carbocycles. The molecule has 0 spiro atoms. The highest BCUT2D eigenvalue weighted by atomic mass is 16.5. The number of hydrogen-bond donors (Lipinski definition) is 0. The van der Waals surface area contributed by atoms with Crippen LogP contribution in [0.4, 0.5) is 0 Å². The summed E-state index contributed by atoms with van der Waals surface area (Å²) in [5.74, 6) is 1.23. The molecule has 0 fully saturated rings. The van der Waals surface area contributed by atoms with Crippen LogP contribution in [-0.2, 0) is 9.53 Å². The van der Waals surface area contributed by atoms with Crippen molar-refractivity contribution in [3.8, 4) is 5.75 Å². The topological polar surface area (TPSA) is 35.5 Å². The smallest absolute Gasteiger partial charge is 0.315 e. The second-order valence-corrected chi connectivity index (χ2v) is 2.98. The number of methoxy groups -OCH3 is 1. The summed E-state index contributed by atoms with van der Waals surface area (Å²) in [6.07, 6.45) is 2.14. The normalized spacial score (nSPS) is 14.9. The summed E-state index contributed by atoms with van der Waals surface area (Å²) in [7, 11) is 1.61. The first kappa shape index (κ1) is 8.81. The average molecular weight is 190 g/mol. The van der Waals surface area contributed by atoms with Gasteiger partial charge in [-0.25, -0.2) is 0 Å². The van der Waals surface area contributed by atoms with Crippen molar-refractivity contribution >= 4 is 11.7 Å². The Morgan fingerprint density at radius 1 is 1.29 bits per heavy atom. The van der Waals surface area contributed by atoms with E-state index in [0.717, 1.165) is 11.3 Å². The summed E-state index contributed by atoms with van der Waals surface area (Å²) in [5, 5.41) is 0. The average Bonchev–Trinajstić information content (AvgIpc) is 2.65. The van der Waals surface area contributed by atoms with Crippen molar-refractivity contribution < 1.29 is 14.3 Å². The van der Waals surface area contributed by atoms with Gasteiger partial charge in [0.2, 0.25) is 0 Å². The van der Waals surface area contributed by atoms with Crippen LogP contribution in [0.3, 0.4) is 0 Å². The highest BCUT2D eigenvalue weighted by Crippen LogP contribution is 2.24. The van der Waals surface area contributed by atoms with Crippen LogP contribution < -0.4 is 4.74 Å². The molecule has 0 amide bonds. The van der Waals surface area contributed by atoms with E-state index in [4.69, 9.17) is 9.47 Å². The molecule has 2 rings (SSSR count). The Balaban J connectivity index is 2.21. The Kier molecular flexibility index (Phi) is 2.23. The van der Waals surface area contributed by atoms with Crippen LogP contribution in [-0.4, -0.2) is 13.1 Å². The van der Waals surface area contributed by atoms with E-state index in [2.05, 4.69) is 0 Å². The first-order chi connectivity index (χ1) is 6.79. The first-order valence-electron chi connectivity index (χ1n) is 4.35. The molecule has 0 bridgehead atoms. The molecule has 0 radical (unpaired) electrons. The lowest BCUT2D eigenvalue weighted by atomic mass is 10.2. The third-order valence-corrected chi connectivity index (χ3v) is 2.05. The molecule has 0 unspecified atom stereocenters. The molecule has 1 aliphatic heterocycles. The van der Waals surface area contributed by atoms with Gasteiger partial charge in [-0.2, -0.15) is 0 Å². The number of rotatable bonds is 2. The summed E-state index contributed by atoms with van der Waals surface area (Å²) >= 11 is 0. The Labute approximate surface area is 81.9 Å². The van der Waals surface area contributed by atoms with Gasteiger partial charge < -0.3 is 9.47 Å². The molecule has 1 heterocycles. The largest absolute Gasteiger partial charge is 0.497 e. The molecule has 3 nitrogen and oxygen atoms in total. The number of hydrogen-bond acceptors (Lipinski definition) is 3. The fraction of sp³-hybridized carbons (Fsp3) is 0.182. The van der Waals surface area contributed by atoms with Crippen LogP contribution in [0, 0.1) is 0 Å². The maximum absolute atomic E-state index is 10.9.